The molecule has 0 saturated carbocycles. The maximum absolute atomic E-state index is 12.4. The second-order valence-corrected chi connectivity index (χ2v) is 6.22. The molecule has 5 nitrogen and oxygen atoms in total. The highest BCUT2D eigenvalue weighted by molar-refractivity contribution is 7.16. The number of thiophene rings is 2. The molecule has 3 rings (SSSR count). The van der Waals surface area contributed by atoms with Gasteiger partial charge < -0.3 is 9.47 Å². The van der Waals surface area contributed by atoms with E-state index in [1.165, 1.54) is 22.7 Å². The zero-order valence-electron chi connectivity index (χ0n) is 12.1. The maximum Gasteiger partial charge on any atom is 0.420 e. The van der Waals surface area contributed by atoms with Crippen LogP contribution in [0.3, 0.4) is 0 Å². The number of carbonyl (C=O) groups is 1. The molecule has 0 aliphatic carbocycles. The number of rotatable bonds is 6. The third-order valence-electron chi connectivity index (χ3n) is 2.83. The predicted octanol–water partition coefficient (Wildman–Crippen LogP) is 4.56. The van der Waals surface area contributed by atoms with Gasteiger partial charge in [0.1, 0.15) is 23.2 Å². The number of anilines is 2. The second-order valence-electron chi connectivity index (χ2n) is 4.37. The first-order chi connectivity index (χ1) is 11.3. The lowest BCUT2D eigenvalue weighted by atomic mass is 10.5. The average Bonchev–Trinajstić information content (AvgIpc) is 3.27. The average molecular weight is 346 g/mol. The first-order valence-electron chi connectivity index (χ1n) is 6.92. The van der Waals surface area contributed by atoms with E-state index in [0.717, 1.165) is 10.0 Å². The SMILES string of the molecule is O=C(OCCOc1ccccn1)N(c1cccs1)c1cccs1. The molecule has 3 aromatic rings. The molecular weight excluding hydrogens is 332 g/mol. The minimum absolute atomic E-state index is 0.155. The molecule has 118 valence electrons. The Morgan fingerprint density at radius 1 is 1.00 bits per heavy atom. The van der Waals surface area contributed by atoms with E-state index in [-0.39, 0.29) is 13.2 Å². The molecular formula is C16H14N2O3S2. The molecule has 0 spiro atoms. The van der Waals surface area contributed by atoms with Crippen molar-refractivity contribution in [3.8, 4) is 5.88 Å². The number of pyridine rings is 1. The zero-order chi connectivity index (χ0) is 15.9. The van der Waals surface area contributed by atoms with E-state index in [1.54, 1.807) is 17.2 Å². The van der Waals surface area contributed by atoms with Crippen LogP contribution in [0.15, 0.2) is 59.4 Å². The number of carbonyl (C=O) groups excluding carboxylic acids is 1. The van der Waals surface area contributed by atoms with E-state index in [0.29, 0.717) is 5.88 Å². The summed E-state index contributed by atoms with van der Waals surface area (Å²) in [7, 11) is 0. The Morgan fingerprint density at radius 3 is 2.30 bits per heavy atom. The van der Waals surface area contributed by atoms with Crippen molar-refractivity contribution in [1.29, 1.82) is 0 Å². The van der Waals surface area contributed by atoms with Gasteiger partial charge >= 0.3 is 6.09 Å². The normalized spacial score (nSPS) is 10.3. The lowest BCUT2D eigenvalue weighted by Crippen LogP contribution is -2.26. The summed E-state index contributed by atoms with van der Waals surface area (Å²) in [4.78, 5) is 18.0. The highest BCUT2D eigenvalue weighted by atomic mass is 32.1. The Kier molecular flexibility index (Phi) is 5.23. The predicted molar refractivity (Wildman–Crippen MR) is 91.9 cm³/mol. The van der Waals surface area contributed by atoms with Crippen molar-refractivity contribution in [2.75, 3.05) is 18.1 Å². The lowest BCUT2D eigenvalue weighted by molar-refractivity contribution is 0.132. The highest BCUT2D eigenvalue weighted by Crippen LogP contribution is 2.33. The fourth-order valence-electron chi connectivity index (χ4n) is 1.86. The van der Waals surface area contributed by atoms with E-state index in [2.05, 4.69) is 4.98 Å². The van der Waals surface area contributed by atoms with Crippen molar-refractivity contribution >= 4 is 38.8 Å². The Balaban J connectivity index is 1.57. The van der Waals surface area contributed by atoms with Crippen LogP contribution < -0.4 is 9.64 Å². The van der Waals surface area contributed by atoms with Crippen molar-refractivity contribution in [2.24, 2.45) is 0 Å². The van der Waals surface area contributed by atoms with Gasteiger partial charge in [0.2, 0.25) is 5.88 Å². The van der Waals surface area contributed by atoms with E-state index < -0.39 is 6.09 Å². The molecule has 0 atom stereocenters. The minimum atomic E-state index is -0.417. The smallest absolute Gasteiger partial charge is 0.420 e. The third-order valence-corrected chi connectivity index (χ3v) is 4.54. The number of nitrogens with zero attached hydrogens (tertiary/aromatic N) is 2. The van der Waals surface area contributed by atoms with Crippen LogP contribution in [-0.2, 0) is 4.74 Å². The van der Waals surface area contributed by atoms with Gasteiger partial charge in [0.05, 0.1) is 0 Å². The van der Waals surface area contributed by atoms with Gasteiger partial charge in [0.25, 0.3) is 0 Å². The lowest BCUT2D eigenvalue weighted by Gasteiger charge is -2.18. The number of hydrogen-bond acceptors (Lipinski definition) is 6. The maximum atomic E-state index is 12.4. The summed E-state index contributed by atoms with van der Waals surface area (Å²) in [5.74, 6) is 0.511. The van der Waals surface area contributed by atoms with Crippen molar-refractivity contribution < 1.29 is 14.3 Å². The molecule has 7 heteroatoms. The molecule has 0 N–H and O–H groups in total. The van der Waals surface area contributed by atoms with Crippen LogP contribution in [0.1, 0.15) is 0 Å². The number of hydrogen-bond donors (Lipinski definition) is 0. The molecule has 0 radical (unpaired) electrons. The van der Waals surface area contributed by atoms with Gasteiger partial charge in [-0.2, -0.15) is 0 Å². The quantitative estimate of drug-likeness (QED) is 0.614. The van der Waals surface area contributed by atoms with Gasteiger partial charge in [-0.15, -0.1) is 22.7 Å². The molecule has 0 bridgehead atoms. The largest absolute Gasteiger partial charge is 0.474 e. The van der Waals surface area contributed by atoms with Crippen LogP contribution in [0.25, 0.3) is 0 Å². The van der Waals surface area contributed by atoms with Gasteiger partial charge in [0.15, 0.2) is 0 Å². The van der Waals surface area contributed by atoms with Crippen LogP contribution in [0.4, 0.5) is 14.8 Å². The summed E-state index contributed by atoms with van der Waals surface area (Å²) < 4.78 is 10.7. The summed E-state index contributed by atoms with van der Waals surface area (Å²) in [6.07, 6.45) is 1.23. The highest BCUT2D eigenvalue weighted by Gasteiger charge is 2.21. The van der Waals surface area contributed by atoms with Crippen molar-refractivity contribution in [3.63, 3.8) is 0 Å². The van der Waals surface area contributed by atoms with Crippen LogP contribution in [0.5, 0.6) is 5.88 Å². The first-order valence-corrected chi connectivity index (χ1v) is 8.68. The van der Waals surface area contributed by atoms with Gasteiger partial charge in [-0.05, 0) is 41.1 Å². The Labute approximate surface area is 141 Å². The molecule has 0 aromatic carbocycles. The fraction of sp³-hybridized carbons (Fsp3) is 0.125. The standard InChI is InChI=1S/C16H14N2O3S2/c19-16(21-10-9-20-13-5-1-2-8-17-13)18(14-6-3-11-22-14)15-7-4-12-23-15/h1-8,11-12H,9-10H2. The molecule has 0 unspecified atom stereocenters. The Bertz CT molecular complexity index is 681. The summed E-state index contributed by atoms with van der Waals surface area (Å²) in [6.45, 7) is 0.411. The molecule has 0 aliphatic rings. The van der Waals surface area contributed by atoms with Crippen molar-refractivity contribution in [3.05, 3.63) is 59.4 Å². The number of amides is 1. The molecule has 3 heterocycles. The van der Waals surface area contributed by atoms with Gasteiger partial charge in [-0.25, -0.2) is 14.7 Å². The zero-order valence-corrected chi connectivity index (χ0v) is 13.8. The summed E-state index contributed by atoms with van der Waals surface area (Å²) in [5.41, 5.74) is 0. The van der Waals surface area contributed by atoms with E-state index in [4.69, 9.17) is 9.47 Å². The minimum Gasteiger partial charge on any atom is -0.474 e. The first kappa shape index (κ1) is 15.5. The molecule has 0 saturated heterocycles. The van der Waals surface area contributed by atoms with E-state index >= 15 is 0 Å². The second kappa shape index (κ2) is 7.75. The molecule has 3 aromatic heterocycles. The Morgan fingerprint density at radius 2 is 1.74 bits per heavy atom. The van der Waals surface area contributed by atoms with Gasteiger partial charge in [-0.3, -0.25) is 0 Å². The topological polar surface area (TPSA) is 51.7 Å². The number of ether oxygens (including phenoxy) is 2. The summed E-state index contributed by atoms with van der Waals surface area (Å²) in [6, 6.07) is 13.0. The summed E-state index contributed by atoms with van der Waals surface area (Å²) in [5, 5.41) is 5.49. The number of aromatic nitrogens is 1. The van der Waals surface area contributed by atoms with Crippen LogP contribution in [0.2, 0.25) is 0 Å². The molecule has 0 aliphatic heterocycles. The van der Waals surface area contributed by atoms with Crippen LogP contribution in [0, 0.1) is 0 Å². The van der Waals surface area contributed by atoms with Gasteiger partial charge in [0, 0.05) is 12.3 Å². The van der Waals surface area contributed by atoms with Crippen molar-refractivity contribution in [2.45, 2.75) is 0 Å². The molecule has 23 heavy (non-hydrogen) atoms. The Hall–Kier alpha value is -2.38. The monoisotopic (exact) mass is 346 g/mol. The van der Waals surface area contributed by atoms with Crippen LogP contribution >= 0.6 is 22.7 Å². The van der Waals surface area contributed by atoms with E-state index in [1.807, 2.05) is 47.2 Å². The molecule has 1 amide bonds. The molecule has 0 fully saturated rings. The van der Waals surface area contributed by atoms with E-state index in [9.17, 15) is 4.79 Å². The van der Waals surface area contributed by atoms with Gasteiger partial charge in [-0.1, -0.05) is 6.07 Å². The van der Waals surface area contributed by atoms with Crippen molar-refractivity contribution in [1.82, 2.24) is 4.98 Å². The van der Waals surface area contributed by atoms with Crippen LogP contribution in [-0.4, -0.2) is 24.3 Å². The summed E-state index contributed by atoms with van der Waals surface area (Å²) >= 11 is 2.97. The third kappa shape index (κ3) is 4.08. The fourth-order valence-corrected chi connectivity index (χ4v) is 3.38.